The Morgan fingerprint density at radius 1 is 1.05 bits per heavy atom. The molecule has 0 unspecified atom stereocenters. The van der Waals surface area contributed by atoms with Crippen molar-refractivity contribution in [2.24, 2.45) is 0 Å². The summed E-state index contributed by atoms with van der Waals surface area (Å²) in [6.07, 6.45) is 0.735. The van der Waals surface area contributed by atoms with E-state index >= 15 is 0 Å². The molecular weight excluding hydrogens is 276 g/mol. The molecule has 21 heavy (non-hydrogen) atoms. The van der Waals surface area contributed by atoms with E-state index in [0.29, 0.717) is 12.1 Å². The molecule has 0 heterocycles. The zero-order valence-corrected chi connectivity index (χ0v) is 11.3. The van der Waals surface area contributed by atoms with Gasteiger partial charge in [-0.05, 0) is 36.2 Å². The van der Waals surface area contributed by atoms with Gasteiger partial charge in [0.2, 0.25) is 0 Å². The first-order valence-electron chi connectivity index (χ1n) is 6.52. The van der Waals surface area contributed by atoms with E-state index in [9.17, 15) is 13.6 Å². The van der Waals surface area contributed by atoms with Crippen molar-refractivity contribution in [3.05, 3.63) is 65.7 Å². The number of ether oxygens (including phenoxy) is 1. The maximum Gasteiger partial charge on any atom is 0.387 e. The van der Waals surface area contributed by atoms with Crippen molar-refractivity contribution in [3.8, 4) is 5.75 Å². The summed E-state index contributed by atoms with van der Waals surface area (Å²) >= 11 is 0. The number of halogens is 2. The molecule has 0 radical (unpaired) electrons. The van der Waals surface area contributed by atoms with E-state index in [1.165, 1.54) is 24.3 Å². The molecule has 0 aliphatic carbocycles. The fourth-order valence-electron chi connectivity index (χ4n) is 1.85. The highest BCUT2D eigenvalue weighted by Crippen LogP contribution is 2.14. The van der Waals surface area contributed by atoms with Crippen LogP contribution in [0.5, 0.6) is 5.75 Å². The number of amides is 1. The summed E-state index contributed by atoms with van der Waals surface area (Å²) in [5.41, 5.74) is 1.54. The lowest BCUT2D eigenvalue weighted by Gasteiger charge is -2.07. The summed E-state index contributed by atoms with van der Waals surface area (Å²) in [4.78, 5) is 11.9. The van der Waals surface area contributed by atoms with Crippen LogP contribution in [0, 0.1) is 0 Å². The molecule has 1 N–H and O–H groups in total. The van der Waals surface area contributed by atoms with Crippen molar-refractivity contribution < 1.29 is 18.3 Å². The van der Waals surface area contributed by atoms with E-state index < -0.39 is 6.61 Å². The number of hydrogen-bond donors (Lipinski definition) is 1. The van der Waals surface area contributed by atoms with Gasteiger partial charge < -0.3 is 10.1 Å². The van der Waals surface area contributed by atoms with Crippen molar-refractivity contribution in [2.75, 3.05) is 6.54 Å². The lowest BCUT2D eigenvalue weighted by molar-refractivity contribution is -0.0498. The van der Waals surface area contributed by atoms with Crippen molar-refractivity contribution >= 4 is 5.91 Å². The molecule has 110 valence electrons. The molecule has 2 rings (SSSR count). The van der Waals surface area contributed by atoms with E-state index in [4.69, 9.17) is 0 Å². The molecule has 1 amide bonds. The lowest BCUT2D eigenvalue weighted by atomic mass is 10.1. The first-order valence-corrected chi connectivity index (χ1v) is 6.52. The normalized spacial score (nSPS) is 10.4. The molecule has 3 nitrogen and oxygen atoms in total. The fraction of sp³-hybridized carbons (Fsp3) is 0.188. The Morgan fingerprint density at radius 3 is 2.33 bits per heavy atom. The molecule has 0 fully saturated rings. The third kappa shape index (κ3) is 4.87. The van der Waals surface area contributed by atoms with Crippen LogP contribution in [-0.4, -0.2) is 19.1 Å². The van der Waals surface area contributed by atoms with Gasteiger partial charge in [-0.15, -0.1) is 0 Å². The van der Waals surface area contributed by atoms with Crippen molar-refractivity contribution in [2.45, 2.75) is 13.0 Å². The molecule has 5 heteroatoms. The quantitative estimate of drug-likeness (QED) is 0.887. The summed E-state index contributed by atoms with van der Waals surface area (Å²) < 4.78 is 28.2. The van der Waals surface area contributed by atoms with Crippen LogP contribution in [0.4, 0.5) is 8.78 Å². The topological polar surface area (TPSA) is 38.3 Å². The van der Waals surface area contributed by atoms with Gasteiger partial charge in [-0.2, -0.15) is 8.78 Å². The highest BCUT2D eigenvalue weighted by molar-refractivity contribution is 5.94. The fourth-order valence-corrected chi connectivity index (χ4v) is 1.85. The van der Waals surface area contributed by atoms with Crippen LogP contribution in [0.2, 0.25) is 0 Å². The zero-order chi connectivity index (χ0) is 15.1. The molecule has 0 aliphatic rings. The molecule has 2 aromatic rings. The predicted molar refractivity (Wildman–Crippen MR) is 75.6 cm³/mol. The number of nitrogens with one attached hydrogen (secondary N) is 1. The number of carbonyl (C=O) groups is 1. The van der Waals surface area contributed by atoms with Gasteiger partial charge >= 0.3 is 6.61 Å². The Kier molecular flexibility index (Phi) is 5.26. The summed E-state index contributed by atoms with van der Waals surface area (Å²) in [6.45, 7) is -2.35. The molecule has 0 saturated carbocycles. The van der Waals surface area contributed by atoms with Crippen LogP contribution < -0.4 is 10.1 Å². The Bertz CT molecular complexity index is 571. The second-order valence-corrected chi connectivity index (χ2v) is 4.39. The maximum atomic E-state index is 12.0. The summed E-state index contributed by atoms with van der Waals surface area (Å²) in [5.74, 6) is -0.208. The van der Waals surface area contributed by atoms with Crippen molar-refractivity contribution in [1.29, 1.82) is 0 Å². The maximum absolute atomic E-state index is 12.0. The highest BCUT2D eigenvalue weighted by atomic mass is 19.3. The number of benzene rings is 2. The van der Waals surface area contributed by atoms with Crippen LogP contribution >= 0.6 is 0 Å². The molecule has 0 saturated heterocycles. The molecule has 0 aliphatic heterocycles. The van der Waals surface area contributed by atoms with Crippen molar-refractivity contribution in [1.82, 2.24) is 5.32 Å². The third-order valence-electron chi connectivity index (χ3n) is 2.88. The van der Waals surface area contributed by atoms with Gasteiger partial charge in [0.25, 0.3) is 5.91 Å². The van der Waals surface area contributed by atoms with E-state index in [-0.39, 0.29) is 11.7 Å². The molecule has 0 spiro atoms. The van der Waals surface area contributed by atoms with E-state index in [0.717, 1.165) is 12.0 Å². The molecular formula is C16H15F2NO2. The minimum atomic E-state index is -2.87. The highest BCUT2D eigenvalue weighted by Gasteiger charge is 2.07. The first kappa shape index (κ1) is 15.0. The number of rotatable bonds is 6. The molecule has 0 aromatic heterocycles. The third-order valence-corrected chi connectivity index (χ3v) is 2.88. The van der Waals surface area contributed by atoms with Crippen molar-refractivity contribution in [3.63, 3.8) is 0 Å². The Balaban J connectivity index is 1.83. The summed E-state index contributed by atoms with van der Waals surface area (Å²) in [5, 5.41) is 2.78. The van der Waals surface area contributed by atoms with Crippen LogP contribution in [0.3, 0.4) is 0 Å². The Morgan fingerprint density at radius 2 is 1.71 bits per heavy atom. The average molecular weight is 291 g/mol. The monoisotopic (exact) mass is 291 g/mol. The Labute approximate surface area is 121 Å². The van der Waals surface area contributed by atoms with Gasteiger partial charge in [0.15, 0.2) is 0 Å². The number of carbonyl (C=O) groups excluding carboxylic acids is 1. The summed E-state index contributed by atoms with van der Waals surface area (Å²) in [6, 6.07) is 15.4. The van der Waals surface area contributed by atoms with Gasteiger partial charge in [0.05, 0.1) is 0 Å². The molecule has 0 bridgehead atoms. The van der Waals surface area contributed by atoms with Gasteiger partial charge in [-0.3, -0.25) is 4.79 Å². The van der Waals surface area contributed by atoms with Gasteiger partial charge in [0.1, 0.15) is 5.75 Å². The minimum Gasteiger partial charge on any atom is -0.435 e. The Hall–Kier alpha value is -2.43. The van der Waals surface area contributed by atoms with Crippen LogP contribution in [0.15, 0.2) is 54.6 Å². The van der Waals surface area contributed by atoms with E-state index in [1.54, 1.807) is 0 Å². The predicted octanol–water partition coefficient (Wildman–Crippen LogP) is 3.26. The SMILES string of the molecule is O=C(NCCc1ccccc1)c1ccc(OC(F)F)cc1. The number of hydrogen-bond acceptors (Lipinski definition) is 2. The smallest absolute Gasteiger partial charge is 0.387 e. The molecule has 0 atom stereocenters. The first-order chi connectivity index (χ1) is 10.1. The van der Waals surface area contributed by atoms with Crippen LogP contribution in [0.25, 0.3) is 0 Å². The zero-order valence-electron chi connectivity index (χ0n) is 11.3. The lowest BCUT2D eigenvalue weighted by Crippen LogP contribution is -2.25. The van der Waals surface area contributed by atoms with Crippen LogP contribution in [-0.2, 0) is 6.42 Å². The summed E-state index contributed by atoms with van der Waals surface area (Å²) in [7, 11) is 0. The van der Waals surface area contributed by atoms with Gasteiger partial charge in [-0.1, -0.05) is 30.3 Å². The minimum absolute atomic E-state index is 0.0332. The second-order valence-electron chi connectivity index (χ2n) is 4.39. The molecule has 2 aromatic carbocycles. The van der Waals surface area contributed by atoms with E-state index in [1.807, 2.05) is 30.3 Å². The van der Waals surface area contributed by atoms with Gasteiger partial charge in [0, 0.05) is 12.1 Å². The standard InChI is InChI=1S/C16H15F2NO2/c17-16(18)21-14-8-6-13(7-9-14)15(20)19-11-10-12-4-2-1-3-5-12/h1-9,16H,10-11H2,(H,19,20). The largest absolute Gasteiger partial charge is 0.435 e. The van der Waals surface area contributed by atoms with Gasteiger partial charge in [-0.25, -0.2) is 0 Å². The van der Waals surface area contributed by atoms with E-state index in [2.05, 4.69) is 10.1 Å². The average Bonchev–Trinajstić information content (AvgIpc) is 2.48. The second kappa shape index (κ2) is 7.38. The number of alkyl halides is 2. The van der Waals surface area contributed by atoms with Crippen LogP contribution in [0.1, 0.15) is 15.9 Å².